The van der Waals surface area contributed by atoms with Crippen LogP contribution in [0.5, 0.6) is 0 Å². The van der Waals surface area contributed by atoms with Gasteiger partial charge in [-0.15, -0.1) is 0 Å². The van der Waals surface area contributed by atoms with Crippen LogP contribution in [-0.4, -0.2) is 5.78 Å². The third kappa shape index (κ3) is 1.21. The van der Waals surface area contributed by atoms with Crippen molar-refractivity contribution in [3.05, 3.63) is 0 Å². The predicted molar refractivity (Wildman–Crippen MR) is 65.0 cm³/mol. The highest BCUT2D eigenvalue weighted by molar-refractivity contribution is 5.75. The lowest BCUT2D eigenvalue weighted by Crippen LogP contribution is -2.07. The lowest BCUT2D eigenvalue weighted by molar-refractivity contribution is -0.117. The number of hydrogen-bond acceptors (Lipinski definition) is 1. The Kier molecular flexibility index (Phi) is 1.97. The largest absolute Gasteiger partial charge is 0.300 e. The summed E-state index contributed by atoms with van der Waals surface area (Å²) in [6.45, 7) is 9.12. The summed E-state index contributed by atoms with van der Waals surface area (Å²) < 4.78 is 0. The number of ketones is 1. The van der Waals surface area contributed by atoms with Gasteiger partial charge < -0.3 is 4.79 Å². The summed E-state index contributed by atoms with van der Waals surface area (Å²) in [4.78, 5) is 11.1. The van der Waals surface area contributed by atoms with Crippen molar-refractivity contribution in [2.45, 2.75) is 53.4 Å². The molecule has 3 aliphatic carbocycles. The normalized spacial score (nSPS) is 51.5. The maximum atomic E-state index is 11.1. The zero-order valence-corrected chi connectivity index (χ0v) is 11.0. The van der Waals surface area contributed by atoms with E-state index in [1.54, 1.807) is 6.92 Å². The molecule has 3 rings (SSSR count). The molecule has 0 amide bonds. The van der Waals surface area contributed by atoms with Crippen molar-refractivity contribution in [1.82, 2.24) is 0 Å². The average molecular weight is 220 g/mol. The minimum Gasteiger partial charge on any atom is -0.300 e. The molecule has 90 valence electrons. The van der Waals surface area contributed by atoms with Crippen molar-refractivity contribution in [2.75, 3.05) is 0 Å². The molecular weight excluding hydrogens is 196 g/mol. The molecule has 0 N–H and O–H groups in total. The smallest absolute Gasteiger partial charge is 0.129 e. The second-order valence-corrected chi connectivity index (χ2v) is 7.37. The zero-order chi connectivity index (χ0) is 11.7. The van der Waals surface area contributed by atoms with E-state index in [0.717, 1.165) is 36.5 Å². The monoisotopic (exact) mass is 220 g/mol. The van der Waals surface area contributed by atoms with Crippen molar-refractivity contribution in [2.24, 2.45) is 34.5 Å². The average Bonchev–Trinajstić information content (AvgIpc) is 2.95. The van der Waals surface area contributed by atoms with Crippen LogP contribution in [0.25, 0.3) is 0 Å². The van der Waals surface area contributed by atoms with E-state index in [2.05, 4.69) is 20.8 Å². The topological polar surface area (TPSA) is 17.1 Å². The molecule has 0 radical (unpaired) electrons. The van der Waals surface area contributed by atoms with Gasteiger partial charge in [-0.1, -0.05) is 20.8 Å². The molecule has 3 aliphatic rings. The van der Waals surface area contributed by atoms with E-state index in [1.807, 2.05) is 0 Å². The second-order valence-electron chi connectivity index (χ2n) is 7.37. The van der Waals surface area contributed by atoms with Crippen molar-refractivity contribution >= 4 is 5.78 Å². The molecule has 0 aromatic heterocycles. The van der Waals surface area contributed by atoms with E-state index in [4.69, 9.17) is 0 Å². The van der Waals surface area contributed by atoms with Gasteiger partial charge in [-0.25, -0.2) is 0 Å². The molecule has 5 unspecified atom stereocenters. The highest BCUT2D eigenvalue weighted by Crippen LogP contribution is 2.82. The maximum Gasteiger partial charge on any atom is 0.129 e. The van der Waals surface area contributed by atoms with Crippen molar-refractivity contribution in [3.63, 3.8) is 0 Å². The van der Waals surface area contributed by atoms with E-state index in [-0.39, 0.29) is 0 Å². The Morgan fingerprint density at radius 2 is 1.94 bits per heavy atom. The van der Waals surface area contributed by atoms with Gasteiger partial charge in [0.1, 0.15) is 5.78 Å². The quantitative estimate of drug-likeness (QED) is 0.709. The Morgan fingerprint density at radius 3 is 2.56 bits per heavy atom. The highest BCUT2D eigenvalue weighted by atomic mass is 16.1. The highest BCUT2D eigenvalue weighted by Gasteiger charge is 2.76. The summed E-state index contributed by atoms with van der Waals surface area (Å²) in [5.74, 6) is 4.20. The van der Waals surface area contributed by atoms with Crippen LogP contribution in [0.1, 0.15) is 53.4 Å². The van der Waals surface area contributed by atoms with Gasteiger partial charge in [-0.3, -0.25) is 0 Å². The van der Waals surface area contributed by atoms with E-state index >= 15 is 0 Å². The molecule has 0 aromatic rings. The van der Waals surface area contributed by atoms with Gasteiger partial charge >= 0.3 is 0 Å². The zero-order valence-electron chi connectivity index (χ0n) is 11.0. The van der Waals surface area contributed by atoms with Crippen LogP contribution in [0.3, 0.4) is 0 Å². The Bertz CT molecular complexity index is 343. The van der Waals surface area contributed by atoms with Crippen LogP contribution in [0, 0.1) is 34.5 Å². The predicted octanol–water partition coefficient (Wildman–Crippen LogP) is 3.67. The SMILES string of the molecule is CC(=O)CCC1C2C3C(CCC12C)C3(C)C. The Balaban J connectivity index is 1.70. The minimum absolute atomic E-state index is 0.374. The summed E-state index contributed by atoms with van der Waals surface area (Å²) >= 11 is 0. The van der Waals surface area contributed by atoms with E-state index in [1.165, 1.54) is 12.8 Å². The minimum atomic E-state index is 0.374. The lowest BCUT2D eigenvalue weighted by atomic mass is 9.90. The molecule has 0 saturated heterocycles. The molecule has 16 heavy (non-hydrogen) atoms. The van der Waals surface area contributed by atoms with Gasteiger partial charge in [0.25, 0.3) is 0 Å². The van der Waals surface area contributed by atoms with Gasteiger partial charge in [0, 0.05) is 6.42 Å². The second kappa shape index (κ2) is 2.91. The Hall–Kier alpha value is -0.330. The number of carbonyl (C=O) groups excluding carboxylic acids is 1. The van der Waals surface area contributed by atoms with Crippen molar-refractivity contribution in [1.29, 1.82) is 0 Å². The molecule has 3 fully saturated rings. The van der Waals surface area contributed by atoms with Crippen LogP contribution in [-0.2, 0) is 4.79 Å². The Labute approximate surface area is 99.0 Å². The number of fused-ring (bicyclic) bond motifs is 3. The van der Waals surface area contributed by atoms with Crippen LogP contribution >= 0.6 is 0 Å². The first-order valence-electron chi connectivity index (χ1n) is 6.88. The van der Waals surface area contributed by atoms with Gasteiger partial charge in [-0.05, 0) is 60.7 Å². The summed E-state index contributed by atoms with van der Waals surface area (Å²) in [7, 11) is 0. The first-order chi connectivity index (χ1) is 7.39. The van der Waals surface area contributed by atoms with Gasteiger partial charge in [0.15, 0.2) is 0 Å². The first kappa shape index (κ1) is 10.8. The summed E-state index contributed by atoms with van der Waals surface area (Å²) in [6.07, 6.45) is 4.84. The molecule has 0 spiro atoms. The third-order valence-electron chi connectivity index (χ3n) is 6.26. The van der Waals surface area contributed by atoms with Crippen molar-refractivity contribution < 1.29 is 4.79 Å². The molecule has 1 heteroatoms. The van der Waals surface area contributed by atoms with E-state index in [9.17, 15) is 4.79 Å². The molecule has 0 aliphatic heterocycles. The number of hydrogen-bond donors (Lipinski definition) is 0. The summed E-state index contributed by atoms with van der Waals surface area (Å²) in [6, 6.07) is 0. The summed E-state index contributed by atoms with van der Waals surface area (Å²) in [5, 5.41) is 0. The van der Waals surface area contributed by atoms with Crippen molar-refractivity contribution in [3.8, 4) is 0 Å². The molecular formula is C15H24O. The van der Waals surface area contributed by atoms with Crippen LogP contribution < -0.4 is 0 Å². The fraction of sp³-hybridized carbons (Fsp3) is 0.933. The molecule has 3 saturated carbocycles. The molecule has 0 heterocycles. The van der Waals surface area contributed by atoms with Crippen LogP contribution in [0.4, 0.5) is 0 Å². The number of carbonyl (C=O) groups is 1. The van der Waals surface area contributed by atoms with Gasteiger partial charge in [0.2, 0.25) is 0 Å². The third-order valence-corrected chi connectivity index (χ3v) is 6.26. The Morgan fingerprint density at radius 1 is 1.25 bits per heavy atom. The first-order valence-corrected chi connectivity index (χ1v) is 6.88. The fourth-order valence-electron chi connectivity index (χ4n) is 5.10. The maximum absolute atomic E-state index is 11.1. The van der Waals surface area contributed by atoms with Crippen LogP contribution in [0.15, 0.2) is 0 Å². The van der Waals surface area contributed by atoms with Crippen LogP contribution in [0.2, 0.25) is 0 Å². The molecule has 5 atom stereocenters. The number of rotatable bonds is 3. The fourth-order valence-corrected chi connectivity index (χ4v) is 5.10. The lowest BCUT2D eigenvalue weighted by Gasteiger charge is -2.15. The number of Topliss-reactive ketones (excluding diaryl/α,β-unsaturated/α-hetero) is 1. The summed E-state index contributed by atoms with van der Waals surface area (Å²) in [5.41, 5.74) is 1.23. The molecule has 0 bridgehead atoms. The van der Waals surface area contributed by atoms with Gasteiger partial charge in [-0.2, -0.15) is 0 Å². The van der Waals surface area contributed by atoms with E-state index < -0.39 is 0 Å². The standard InChI is InChI=1S/C15H24O/c1-9(16)5-6-11-13-12-10(14(12,2)3)7-8-15(11,13)4/h10-13H,5-8H2,1-4H3. The van der Waals surface area contributed by atoms with E-state index in [0.29, 0.717) is 16.6 Å². The molecule has 0 aromatic carbocycles. The molecule has 1 nitrogen and oxygen atoms in total. The van der Waals surface area contributed by atoms with Gasteiger partial charge in [0.05, 0.1) is 0 Å².